The Bertz CT molecular complexity index is 882. The van der Waals surface area contributed by atoms with Gasteiger partial charge in [0.1, 0.15) is 11.9 Å². The standard InChI is InChI=1S/C20H20N4O2/c25-20(26)18-8-4-7-16-11-17(23-10-9-21-14-23)12-19(24(16)18)22-13-15-5-2-1-3-6-15/h1-3,5-7,9-12,14,18,22H,4,8,13H2,(H,25,26). The van der Waals surface area contributed by atoms with Gasteiger partial charge in [0.25, 0.3) is 0 Å². The van der Waals surface area contributed by atoms with Gasteiger partial charge in [0.2, 0.25) is 0 Å². The maximum absolute atomic E-state index is 11.8. The first kappa shape index (κ1) is 16.2. The highest BCUT2D eigenvalue weighted by molar-refractivity contribution is 5.76. The summed E-state index contributed by atoms with van der Waals surface area (Å²) in [5.74, 6) is -0.0131. The molecule has 0 radical (unpaired) electrons. The molecule has 1 aromatic heterocycles. The van der Waals surface area contributed by atoms with Gasteiger partial charge in [-0.15, -0.1) is 0 Å². The summed E-state index contributed by atoms with van der Waals surface area (Å²) in [5.41, 5.74) is 3.00. The second-order valence-corrected chi connectivity index (χ2v) is 6.34. The van der Waals surface area contributed by atoms with Crippen LogP contribution in [0.5, 0.6) is 0 Å². The lowest BCUT2D eigenvalue weighted by Crippen LogP contribution is -2.46. The molecule has 1 aromatic carbocycles. The molecule has 0 aliphatic carbocycles. The highest BCUT2D eigenvalue weighted by atomic mass is 16.4. The van der Waals surface area contributed by atoms with Crippen LogP contribution in [0, 0.1) is 0 Å². The number of carboxylic acid groups (broad SMARTS) is 1. The minimum absolute atomic E-state index is 0.565. The van der Waals surface area contributed by atoms with Crippen LogP contribution in [0.1, 0.15) is 18.4 Å². The zero-order chi connectivity index (χ0) is 17.9. The Morgan fingerprint density at radius 3 is 2.81 bits per heavy atom. The monoisotopic (exact) mass is 348 g/mol. The van der Waals surface area contributed by atoms with Crippen LogP contribution in [0.4, 0.5) is 0 Å². The highest BCUT2D eigenvalue weighted by Gasteiger charge is 2.33. The van der Waals surface area contributed by atoms with Crippen molar-refractivity contribution in [3.05, 3.63) is 84.4 Å². The fraction of sp³-hybridized carbons (Fsp3) is 0.200. The molecular formula is C20H20N4O2. The van der Waals surface area contributed by atoms with E-state index in [0.29, 0.717) is 13.0 Å². The number of carboxylic acids is 1. The molecule has 0 bridgehead atoms. The quantitative estimate of drug-likeness (QED) is 0.869. The molecule has 2 N–H and O–H groups in total. The van der Waals surface area contributed by atoms with Crippen molar-refractivity contribution >= 4 is 11.7 Å². The van der Waals surface area contributed by atoms with Crippen molar-refractivity contribution in [1.29, 1.82) is 0 Å². The summed E-state index contributed by atoms with van der Waals surface area (Å²) in [6, 6.07) is 9.50. The van der Waals surface area contributed by atoms with E-state index >= 15 is 0 Å². The number of carbonyl (C=O) groups is 1. The lowest BCUT2D eigenvalue weighted by atomic mass is 10.00. The topological polar surface area (TPSA) is 70.4 Å². The Morgan fingerprint density at radius 2 is 2.08 bits per heavy atom. The lowest BCUT2D eigenvalue weighted by Gasteiger charge is -2.39. The maximum atomic E-state index is 11.8. The van der Waals surface area contributed by atoms with Crippen LogP contribution in [0.3, 0.4) is 0 Å². The van der Waals surface area contributed by atoms with E-state index in [1.807, 2.05) is 58.1 Å². The summed E-state index contributed by atoms with van der Waals surface area (Å²) in [6.07, 6.45) is 12.8. The van der Waals surface area contributed by atoms with Gasteiger partial charge in [-0.25, -0.2) is 9.78 Å². The predicted octanol–water partition coefficient (Wildman–Crippen LogP) is 2.80. The normalized spacial score (nSPS) is 19.2. The fourth-order valence-electron chi connectivity index (χ4n) is 3.35. The van der Waals surface area contributed by atoms with Gasteiger partial charge in [-0.3, -0.25) is 0 Å². The minimum Gasteiger partial charge on any atom is -0.480 e. The third-order valence-electron chi connectivity index (χ3n) is 4.63. The second kappa shape index (κ2) is 6.92. The van der Waals surface area contributed by atoms with Crippen LogP contribution < -0.4 is 5.32 Å². The molecule has 0 fully saturated rings. The van der Waals surface area contributed by atoms with Gasteiger partial charge >= 0.3 is 5.97 Å². The number of nitrogens with one attached hydrogen (secondary N) is 1. The van der Waals surface area contributed by atoms with Gasteiger partial charge in [0, 0.05) is 30.7 Å². The Balaban J connectivity index is 1.68. The van der Waals surface area contributed by atoms with Crippen LogP contribution in [-0.2, 0) is 11.3 Å². The third-order valence-corrected chi connectivity index (χ3v) is 4.63. The Kier molecular flexibility index (Phi) is 4.31. The molecular weight excluding hydrogens is 328 g/mol. The zero-order valence-electron chi connectivity index (χ0n) is 14.2. The van der Waals surface area contributed by atoms with Gasteiger partial charge < -0.3 is 19.9 Å². The molecule has 1 atom stereocenters. The van der Waals surface area contributed by atoms with E-state index in [0.717, 1.165) is 29.2 Å². The van der Waals surface area contributed by atoms with Crippen molar-refractivity contribution < 1.29 is 9.90 Å². The molecule has 0 spiro atoms. The zero-order valence-corrected chi connectivity index (χ0v) is 14.2. The van der Waals surface area contributed by atoms with Crippen molar-refractivity contribution in [1.82, 2.24) is 19.8 Å². The van der Waals surface area contributed by atoms with Crippen LogP contribution in [-0.4, -0.2) is 31.6 Å². The first-order chi connectivity index (χ1) is 12.7. The molecule has 1 unspecified atom stereocenters. The van der Waals surface area contributed by atoms with E-state index in [1.54, 1.807) is 12.5 Å². The summed E-state index contributed by atoms with van der Waals surface area (Å²) in [6.45, 7) is 0.625. The van der Waals surface area contributed by atoms with E-state index in [4.69, 9.17) is 0 Å². The molecule has 0 amide bonds. The molecule has 6 heteroatoms. The maximum Gasteiger partial charge on any atom is 0.326 e. The van der Waals surface area contributed by atoms with Crippen molar-refractivity contribution in [2.75, 3.05) is 0 Å². The number of allylic oxidation sites excluding steroid dienone is 4. The molecule has 0 saturated carbocycles. The number of nitrogens with zero attached hydrogens (tertiary/aromatic N) is 3. The summed E-state index contributed by atoms with van der Waals surface area (Å²) < 4.78 is 1.92. The van der Waals surface area contributed by atoms with Gasteiger partial charge in [-0.2, -0.15) is 0 Å². The van der Waals surface area contributed by atoms with E-state index in [-0.39, 0.29) is 0 Å². The highest BCUT2D eigenvalue weighted by Crippen LogP contribution is 2.32. The predicted molar refractivity (Wildman–Crippen MR) is 98.4 cm³/mol. The molecule has 2 aromatic rings. The van der Waals surface area contributed by atoms with E-state index in [9.17, 15) is 9.90 Å². The summed E-state index contributed by atoms with van der Waals surface area (Å²) >= 11 is 0. The Morgan fingerprint density at radius 1 is 1.23 bits per heavy atom. The molecule has 0 saturated heterocycles. The largest absolute Gasteiger partial charge is 0.480 e. The Labute approximate surface area is 151 Å². The number of aromatic nitrogens is 2. The van der Waals surface area contributed by atoms with Crippen LogP contribution in [0.2, 0.25) is 0 Å². The Hall–Kier alpha value is -3.28. The summed E-state index contributed by atoms with van der Waals surface area (Å²) in [4.78, 5) is 17.8. The van der Waals surface area contributed by atoms with E-state index in [2.05, 4.69) is 16.4 Å². The fourth-order valence-corrected chi connectivity index (χ4v) is 3.35. The van der Waals surface area contributed by atoms with E-state index < -0.39 is 12.0 Å². The van der Waals surface area contributed by atoms with Crippen LogP contribution in [0.15, 0.2) is 78.8 Å². The number of hydrogen-bond donors (Lipinski definition) is 2. The molecule has 26 heavy (non-hydrogen) atoms. The lowest BCUT2D eigenvalue weighted by molar-refractivity contribution is -0.142. The molecule has 4 rings (SSSR count). The number of imidazole rings is 1. The van der Waals surface area contributed by atoms with Crippen molar-refractivity contribution in [3.8, 4) is 0 Å². The van der Waals surface area contributed by atoms with Gasteiger partial charge in [-0.1, -0.05) is 36.4 Å². The van der Waals surface area contributed by atoms with Crippen molar-refractivity contribution in [2.24, 2.45) is 0 Å². The molecule has 3 heterocycles. The number of hydrogen-bond acceptors (Lipinski definition) is 4. The molecule has 6 nitrogen and oxygen atoms in total. The molecule has 132 valence electrons. The van der Waals surface area contributed by atoms with Crippen LogP contribution in [0.25, 0.3) is 5.70 Å². The minimum atomic E-state index is -0.803. The number of fused-ring (bicyclic) bond motifs is 1. The van der Waals surface area contributed by atoms with Crippen molar-refractivity contribution in [3.63, 3.8) is 0 Å². The first-order valence-corrected chi connectivity index (χ1v) is 8.64. The van der Waals surface area contributed by atoms with Gasteiger partial charge in [0.05, 0.1) is 12.0 Å². The number of rotatable bonds is 5. The van der Waals surface area contributed by atoms with E-state index in [1.165, 1.54) is 0 Å². The third kappa shape index (κ3) is 3.13. The first-order valence-electron chi connectivity index (χ1n) is 8.64. The molecule has 2 aliphatic rings. The van der Waals surface area contributed by atoms with Gasteiger partial charge in [0.15, 0.2) is 0 Å². The van der Waals surface area contributed by atoms with Gasteiger partial charge in [-0.05, 0) is 24.5 Å². The SMILES string of the molecule is O=C(O)C1CCC=C2C=C(n3ccnc3)C=C(NCc3ccccc3)N21. The summed E-state index contributed by atoms with van der Waals surface area (Å²) in [7, 11) is 0. The second-order valence-electron chi connectivity index (χ2n) is 6.34. The number of benzene rings is 1. The van der Waals surface area contributed by atoms with Crippen LogP contribution >= 0.6 is 0 Å². The summed E-state index contributed by atoms with van der Waals surface area (Å²) in [5, 5.41) is 13.1. The smallest absolute Gasteiger partial charge is 0.326 e. The number of aliphatic carboxylic acids is 1. The average molecular weight is 348 g/mol. The average Bonchev–Trinajstić information content (AvgIpc) is 3.21. The van der Waals surface area contributed by atoms with Crippen molar-refractivity contribution in [2.45, 2.75) is 25.4 Å². The molecule has 2 aliphatic heterocycles.